The normalized spacial score (nSPS) is 20.8. The van der Waals surface area contributed by atoms with Crippen molar-refractivity contribution in [3.05, 3.63) is 101 Å². The minimum absolute atomic E-state index is 0.0453. The van der Waals surface area contributed by atoms with Gasteiger partial charge in [-0.15, -0.1) is 0 Å². The van der Waals surface area contributed by atoms with E-state index in [1.165, 1.54) is 30.3 Å². The lowest BCUT2D eigenvalue weighted by Crippen LogP contribution is -2.31. The van der Waals surface area contributed by atoms with Crippen LogP contribution in [0, 0.1) is 17.7 Å². The molecule has 0 amide bonds. The molecular formula is C41H41FO10. The Hall–Kier alpha value is -5.16. The molecule has 0 saturated carbocycles. The summed E-state index contributed by atoms with van der Waals surface area (Å²) in [6.07, 6.45) is 11.6. The van der Waals surface area contributed by atoms with E-state index >= 15 is 0 Å². The van der Waals surface area contributed by atoms with Crippen molar-refractivity contribution in [3.63, 3.8) is 0 Å². The molecule has 2 fully saturated rings. The van der Waals surface area contributed by atoms with E-state index in [0.717, 1.165) is 62.5 Å². The summed E-state index contributed by atoms with van der Waals surface area (Å²) in [5.41, 5.74) is 2.63. The Kier molecular flexibility index (Phi) is 12.2. The van der Waals surface area contributed by atoms with Crippen LogP contribution in [0.25, 0.3) is 6.08 Å². The van der Waals surface area contributed by atoms with Gasteiger partial charge < -0.3 is 19.1 Å². The van der Waals surface area contributed by atoms with Crippen molar-refractivity contribution in [3.8, 4) is 11.5 Å². The SMILES string of the molecule is O=C1CC(C2CC3C(=O)OC(=O)C3c3cc(OCCCCCCCCCCOOc4ccc(/C=C/C(=O)c5ccc(F)cc5)cc4)ccc32)C(=O)O1. The quantitative estimate of drug-likeness (QED) is 0.0247. The molecule has 0 spiro atoms. The first-order valence-electron chi connectivity index (χ1n) is 17.9. The fourth-order valence-corrected chi connectivity index (χ4v) is 7.09. The van der Waals surface area contributed by atoms with Gasteiger partial charge in [-0.3, -0.25) is 24.0 Å². The molecule has 0 bridgehead atoms. The van der Waals surface area contributed by atoms with Crippen molar-refractivity contribution in [2.24, 2.45) is 11.8 Å². The molecule has 3 aromatic rings. The van der Waals surface area contributed by atoms with Gasteiger partial charge in [0, 0.05) is 5.56 Å². The molecule has 3 aromatic carbocycles. The number of carbonyl (C=O) groups is 5. The average Bonchev–Trinajstić information content (AvgIpc) is 3.64. The number of fused-ring (bicyclic) bond motifs is 3. The molecule has 0 aromatic heterocycles. The molecule has 2 heterocycles. The van der Waals surface area contributed by atoms with E-state index in [1.807, 2.05) is 24.3 Å². The summed E-state index contributed by atoms with van der Waals surface area (Å²) >= 11 is 0. The van der Waals surface area contributed by atoms with Gasteiger partial charge in [-0.05, 0) is 96.5 Å². The summed E-state index contributed by atoms with van der Waals surface area (Å²) in [4.78, 5) is 72.1. The maximum atomic E-state index is 13.0. The number of esters is 4. The first-order valence-corrected chi connectivity index (χ1v) is 17.9. The van der Waals surface area contributed by atoms with Gasteiger partial charge in [-0.1, -0.05) is 62.8 Å². The van der Waals surface area contributed by atoms with Gasteiger partial charge >= 0.3 is 23.9 Å². The van der Waals surface area contributed by atoms with Crippen LogP contribution in [0.2, 0.25) is 0 Å². The number of allylic oxidation sites excluding steroid dienone is 1. The van der Waals surface area contributed by atoms with Crippen molar-refractivity contribution in [1.29, 1.82) is 0 Å². The van der Waals surface area contributed by atoms with E-state index in [9.17, 15) is 28.4 Å². The molecule has 2 saturated heterocycles. The Morgan fingerprint density at radius 1 is 0.692 bits per heavy atom. The van der Waals surface area contributed by atoms with Crippen LogP contribution in [-0.4, -0.2) is 42.9 Å². The van der Waals surface area contributed by atoms with Crippen molar-refractivity contribution in [2.75, 3.05) is 13.2 Å². The van der Waals surface area contributed by atoms with Crippen molar-refractivity contribution < 1.29 is 52.3 Å². The van der Waals surface area contributed by atoms with Crippen LogP contribution in [-0.2, 0) is 33.5 Å². The number of ketones is 1. The number of rotatable bonds is 18. The molecule has 4 atom stereocenters. The molecule has 11 heteroatoms. The van der Waals surface area contributed by atoms with Crippen LogP contribution >= 0.6 is 0 Å². The predicted octanol–water partition coefficient (Wildman–Crippen LogP) is 7.59. The number of hydrogen-bond acceptors (Lipinski definition) is 10. The molecule has 2 aliphatic heterocycles. The Morgan fingerprint density at radius 3 is 2.04 bits per heavy atom. The minimum atomic E-state index is -0.739. The largest absolute Gasteiger partial charge is 0.494 e. The third-order valence-electron chi connectivity index (χ3n) is 9.83. The number of hydrogen-bond donors (Lipinski definition) is 0. The molecule has 6 rings (SSSR count). The highest BCUT2D eigenvalue weighted by Gasteiger charge is 2.53. The second kappa shape index (κ2) is 17.4. The van der Waals surface area contributed by atoms with Crippen molar-refractivity contribution >= 4 is 35.7 Å². The zero-order valence-electron chi connectivity index (χ0n) is 28.8. The molecule has 4 unspecified atom stereocenters. The maximum Gasteiger partial charge on any atom is 0.321 e. The van der Waals surface area contributed by atoms with E-state index in [1.54, 1.807) is 24.3 Å². The molecule has 0 N–H and O–H groups in total. The molecular weight excluding hydrogens is 671 g/mol. The van der Waals surface area contributed by atoms with Crippen LogP contribution in [0.15, 0.2) is 72.8 Å². The van der Waals surface area contributed by atoms with Crippen LogP contribution in [0.4, 0.5) is 4.39 Å². The van der Waals surface area contributed by atoms with Crippen LogP contribution in [0.1, 0.15) is 103 Å². The summed E-state index contributed by atoms with van der Waals surface area (Å²) < 4.78 is 28.8. The summed E-state index contributed by atoms with van der Waals surface area (Å²) in [5.74, 6) is -4.32. The molecule has 52 heavy (non-hydrogen) atoms. The Balaban J connectivity index is 0.822. The topological polar surface area (TPSA) is 132 Å². The first kappa shape index (κ1) is 36.6. The number of halogens is 1. The van der Waals surface area contributed by atoms with Crippen LogP contribution in [0.5, 0.6) is 11.5 Å². The molecule has 3 aliphatic rings. The standard InChI is InChI=1S/C41H41FO10/c42-28-14-12-27(13-15-28)36(43)20-11-26-9-16-29(17-10-26)52-49-22-8-6-4-2-1-3-5-7-21-48-30-18-19-31-32(34-25-37(44)50-39(34)45)24-35-38(33(31)23-30)41(47)51-40(35)46/h9-20,23,32,34-35,38H,1-8,21-22,24-25H2/b20-11+. The molecule has 272 valence electrons. The van der Waals surface area contributed by atoms with E-state index in [-0.39, 0.29) is 24.4 Å². The van der Waals surface area contributed by atoms with Gasteiger partial charge in [0.2, 0.25) is 0 Å². The van der Waals surface area contributed by atoms with E-state index in [4.69, 9.17) is 24.0 Å². The van der Waals surface area contributed by atoms with E-state index in [2.05, 4.69) is 0 Å². The van der Waals surface area contributed by atoms with Gasteiger partial charge in [0.25, 0.3) is 0 Å². The fourth-order valence-electron chi connectivity index (χ4n) is 7.09. The van der Waals surface area contributed by atoms with Gasteiger partial charge in [0.1, 0.15) is 11.6 Å². The number of benzene rings is 3. The van der Waals surface area contributed by atoms with Gasteiger partial charge in [-0.25, -0.2) is 4.39 Å². The number of cyclic esters (lactones) is 4. The number of carbonyl (C=O) groups excluding carboxylic acids is 5. The lowest BCUT2D eigenvalue weighted by molar-refractivity contribution is -0.207. The Bertz CT molecular complexity index is 1800. The second-order valence-electron chi connectivity index (χ2n) is 13.4. The summed E-state index contributed by atoms with van der Waals surface area (Å²) in [5, 5.41) is 0. The Morgan fingerprint density at radius 2 is 1.35 bits per heavy atom. The summed E-state index contributed by atoms with van der Waals surface area (Å²) in [6.45, 7) is 0.997. The lowest BCUT2D eigenvalue weighted by Gasteiger charge is -2.33. The molecule has 1 aliphatic carbocycles. The third kappa shape index (κ3) is 9.19. The predicted molar refractivity (Wildman–Crippen MR) is 186 cm³/mol. The zero-order chi connectivity index (χ0) is 36.5. The number of ether oxygens (including phenoxy) is 3. The third-order valence-corrected chi connectivity index (χ3v) is 9.83. The van der Waals surface area contributed by atoms with Crippen LogP contribution in [0.3, 0.4) is 0 Å². The van der Waals surface area contributed by atoms with E-state index < -0.39 is 47.5 Å². The lowest BCUT2D eigenvalue weighted by atomic mass is 9.67. The summed E-state index contributed by atoms with van der Waals surface area (Å²) in [6, 6.07) is 18.0. The highest BCUT2D eigenvalue weighted by molar-refractivity contribution is 6.06. The minimum Gasteiger partial charge on any atom is -0.494 e. The van der Waals surface area contributed by atoms with Gasteiger partial charge in [0.15, 0.2) is 11.5 Å². The molecule has 0 radical (unpaired) electrons. The fraction of sp³-hybridized carbons (Fsp3) is 0.390. The van der Waals surface area contributed by atoms with Gasteiger partial charge in [-0.2, -0.15) is 4.89 Å². The maximum absolute atomic E-state index is 13.0. The highest BCUT2D eigenvalue weighted by Crippen LogP contribution is 2.51. The second-order valence-corrected chi connectivity index (χ2v) is 13.4. The Labute approximate surface area is 301 Å². The van der Waals surface area contributed by atoms with Crippen molar-refractivity contribution in [1.82, 2.24) is 0 Å². The number of unbranched alkanes of at least 4 members (excludes halogenated alkanes) is 7. The highest BCUT2D eigenvalue weighted by atomic mass is 19.1. The smallest absolute Gasteiger partial charge is 0.321 e. The monoisotopic (exact) mass is 712 g/mol. The van der Waals surface area contributed by atoms with Gasteiger partial charge in [0.05, 0.1) is 37.4 Å². The zero-order valence-corrected chi connectivity index (χ0v) is 28.8. The first-order chi connectivity index (χ1) is 25.3. The summed E-state index contributed by atoms with van der Waals surface area (Å²) in [7, 11) is 0. The van der Waals surface area contributed by atoms with Crippen LogP contribution < -0.4 is 9.62 Å². The average molecular weight is 713 g/mol. The molecule has 10 nitrogen and oxygen atoms in total. The van der Waals surface area contributed by atoms with E-state index in [0.29, 0.717) is 35.8 Å². The van der Waals surface area contributed by atoms with Crippen molar-refractivity contribution in [2.45, 2.75) is 76.0 Å².